The molecule has 172 valence electrons. The van der Waals surface area contributed by atoms with E-state index < -0.39 is 5.92 Å². The molecule has 0 bridgehead atoms. The van der Waals surface area contributed by atoms with Crippen LogP contribution in [-0.4, -0.2) is 21.5 Å². The van der Waals surface area contributed by atoms with Crippen LogP contribution in [0.5, 0.6) is 0 Å². The van der Waals surface area contributed by atoms with Crippen molar-refractivity contribution in [1.29, 1.82) is 0 Å². The number of Topliss-reactive ketones (excluding diaryl/α,β-unsaturated/α-hetero) is 2. The second-order valence-electron chi connectivity index (χ2n) is 9.37. The van der Waals surface area contributed by atoms with E-state index in [2.05, 4.69) is 23.8 Å². The van der Waals surface area contributed by atoms with Crippen LogP contribution in [0.4, 0.5) is 0 Å². The summed E-state index contributed by atoms with van der Waals surface area (Å²) in [7, 11) is 0. The molecular weight excluding hydrogens is 396 g/mol. The summed E-state index contributed by atoms with van der Waals surface area (Å²) < 4.78 is 0. The minimum absolute atomic E-state index is 0.0717. The molecule has 4 nitrogen and oxygen atoms in total. The first kappa shape index (κ1) is 24.3. The van der Waals surface area contributed by atoms with Crippen LogP contribution in [0.15, 0.2) is 36.7 Å². The third-order valence-electron chi connectivity index (χ3n) is 6.71. The summed E-state index contributed by atoms with van der Waals surface area (Å²) in [6, 6.07) is 7.88. The first-order valence-corrected chi connectivity index (χ1v) is 12.6. The highest BCUT2D eigenvalue weighted by molar-refractivity contribution is 6.03. The Labute approximate surface area is 193 Å². The van der Waals surface area contributed by atoms with E-state index >= 15 is 0 Å². The van der Waals surface area contributed by atoms with Gasteiger partial charge in [0.1, 0.15) is 11.6 Å². The Kier molecular flexibility index (Phi) is 9.58. The largest absolute Gasteiger partial charge is 0.299 e. The molecule has 0 aliphatic heterocycles. The molecule has 2 unspecified atom stereocenters. The van der Waals surface area contributed by atoms with E-state index in [1.54, 1.807) is 0 Å². The summed E-state index contributed by atoms with van der Waals surface area (Å²) >= 11 is 0. The average molecular weight is 435 g/mol. The van der Waals surface area contributed by atoms with Gasteiger partial charge < -0.3 is 0 Å². The standard InChI is InChI=1S/C28H38N2O2/c1-3-5-7-9-21-13-16-25(26(31)17-21)27(32)18-22-11-14-24(15-12-22)28-29-19-23(20-30-28)10-8-6-4-2/h11-12,14-15,19-21,25H,3-10,13,16-18H2,1-2H3. The normalized spacial score (nSPS) is 18.6. The van der Waals surface area contributed by atoms with Crippen molar-refractivity contribution < 1.29 is 9.59 Å². The number of aromatic nitrogens is 2. The molecule has 0 saturated heterocycles. The Balaban J connectivity index is 1.51. The maximum atomic E-state index is 12.8. The predicted octanol–water partition coefficient (Wildman–Crippen LogP) is 6.55. The van der Waals surface area contributed by atoms with Crippen molar-refractivity contribution in [2.75, 3.05) is 0 Å². The van der Waals surface area contributed by atoms with Crippen molar-refractivity contribution in [2.24, 2.45) is 11.8 Å². The Morgan fingerprint density at radius 2 is 1.59 bits per heavy atom. The van der Waals surface area contributed by atoms with Crippen molar-refractivity contribution >= 4 is 11.6 Å². The van der Waals surface area contributed by atoms with Crippen LogP contribution in [0.3, 0.4) is 0 Å². The average Bonchev–Trinajstić information content (AvgIpc) is 2.80. The number of carbonyl (C=O) groups excluding carboxylic acids is 2. The number of unbranched alkanes of at least 4 members (excludes halogenated alkanes) is 4. The number of rotatable bonds is 12. The molecule has 0 N–H and O–H groups in total. The quantitative estimate of drug-likeness (QED) is 0.280. The van der Waals surface area contributed by atoms with Gasteiger partial charge in [-0.3, -0.25) is 9.59 Å². The zero-order valence-electron chi connectivity index (χ0n) is 19.8. The highest BCUT2D eigenvalue weighted by Crippen LogP contribution is 2.31. The van der Waals surface area contributed by atoms with Gasteiger partial charge in [0.25, 0.3) is 0 Å². The molecule has 1 fully saturated rings. The minimum Gasteiger partial charge on any atom is -0.299 e. The lowest BCUT2D eigenvalue weighted by Gasteiger charge is -2.26. The lowest BCUT2D eigenvalue weighted by Crippen LogP contribution is -2.32. The van der Waals surface area contributed by atoms with Gasteiger partial charge in [-0.1, -0.05) is 76.6 Å². The number of nitrogens with zero attached hydrogens (tertiary/aromatic N) is 2. The SMILES string of the molecule is CCCCCc1cnc(-c2ccc(CC(=O)C3CCC(CCCCC)CC3=O)cc2)nc1. The molecule has 0 spiro atoms. The Hall–Kier alpha value is -2.36. The maximum Gasteiger partial charge on any atom is 0.159 e. The van der Waals surface area contributed by atoms with E-state index in [9.17, 15) is 9.59 Å². The van der Waals surface area contributed by atoms with Crippen molar-refractivity contribution in [3.63, 3.8) is 0 Å². The highest BCUT2D eigenvalue weighted by atomic mass is 16.1. The summed E-state index contributed by atoms with van der Waals surface area (Å²) in [5.41, 5.74) is 3.08. The molecule has 1 aromatic heterocycles. The number of hydrogen-bond donors (Lipinski definition) is 0. The van der Waals surface area contributed by atoms with Crippen LogP contribution < -0.4 is 0 Å². The number of hydrogen-bond acceptors (Lipinski definition) is 4. The topological polar surface area (TPSA) is 59.9 Å². The van der Waals surface area contributed by atoms with Crippen molar-refractivity contribution in [3.05, 3.63) is 47.8 Å². The smallest absolute Gasteiger partial charge is 0.159 e. The summed E-state index contributed by atoms with van der Waals surface area (Å²) in [5.74, 6) is 1.02. The predicted molar refractivity (Wildman–Crippen MR) is 129 cm³/mol. The van der Waals surface area contributed by atoms with E-state index in [1.807, 2.05) is 36.7 Å². The first-order chi connectivity index (χ1) is 15.6. The molecule has 32 heavy (non-hydrogen) atoms. The first-order valence-electron chi connectivity index (χ1n) is 12.6. The van der Waals surface area contributed by atoms with Crippen LogP contribution in [0.1, 0.15) is 89.2 Å². The third-order valence-corrected chi connectivity index (χ3v) is 6.71. The van der Waals surface area contributed by atoms with Crippen LogP contribution in [-0.2, 0) is 22.4 Å². The zero-order valence-corrected chi connectivity index (χ0v) is 19.8. The van der Waals surface area contributed by atoms with E-state index in [-0.39, 0.29) is 11.6 Å². The van der Waals surface area contributed by atoms with Gasteiger partial charge >= 0.3 is 0 Å². The summed E-state index contributed by atoms with van der Waals surface area (Å²) in [6.07, 6.45) is 15.9. The van der Waals surface area contributed by atoms with Crippen molar-refractivity contribution in [3.8, 4) is 11.4 Å². The number of aryl methyl sites for hydroxylation is 1. The number of carbonyl (C=O) groups is 2. The molecule has 1 saturated carbocycles. The fourth-order valence-corrected chi connectivity index (χ4v) is 4.67. The molecule has 0 amide bonds. The van der Waals surface area contributed by atoms with Gasteiger partial charge in [-0.05, 0) is 42.7 Å². The van der Waals surface area contributed by atoms with Crippen LogP contribution in [0.25, 0.3) is 11.4 Å². The molecule has 0 radical (unpaired) electrons. The molecule has 1 aliphatic carbocycles. The van der Waals surface area contributed by atoms with Gasteiger partial charge in [0.05, 0.1) is 5.92 Å². The lowest BCUT2D eigenvalue weighted by atomic mass is 9.76. The van der Waals surface area contributed by atoms with Crippen LogP contribution in [0, 0.1) is 11.8 Å². The minimum atomic E-state index is -0.402. The summed E-state index contributed by atoms with van der Waals surface area (Å²) in [6.45, 7) is 4.40. The Morgan fingerprint density at radius 1 is 0.906 bits per heavy atom. The fourth-order valence-electron chi connectivity index (χ4n) is 4.67. The second-order valence-corrected chi connectivity index (χ2v) is 9.37. The second kappa shape index (κ2) is 12.6. The van der Waals surface area contributed by atoms with Gasteiger partial charge in [0.2, 0.25) is 0 Å². The molecule has 1 aliphatic rings. The Bertz CT molecular complexity index is 858. The van der Waals surface area contributed by atoms with Crippen LogP contribution >= 0.6 is 0 Å². The van der Waals surface area contributed by atoms with E-state index in [0.29, 0.717) is 24.6 Å². The van der Waals surface area contributed by atoms with Gasteiger partial charge in [0, 0.05) is 30.8 Å². The number of benzene rings is 1. The van der Waals surface area contributed by atoms with Gasteiger partial charge in [-0.25, -0.2) is 9.97 Å². The van der Waals surface area contributed by atoms with Gasteiger partial charge in [0.15, 0.2) is 5.82 Å². The maximum absolute atomic E-state index is 12.8. The Morgan fingerprint density at radius 3 is 2.25 bits per heavy atom. The fraction of sp³-hybridized carbons (Fsp3) is 0.571. The molecular formula is C28H38N2O2. The summed E-state index contributed by atoms with van der Waals surface area (Å²) in [5, 5.41) is 0. The molecule has 1 heterocycles. The number of ketones is 2. The molecule has 4 heteroatoms. The highest BCUT2D eigenvalue weighted by Gasteiger charge is 2.32. The molecule has 3 rings (SSSR count). The molecule has 1 aromatic carbocycles. The van der Waals surface area contributed by atoms with Gasteiger partial charge in [-0.2, -0.15) is 0 Å². The lowest BCUT2D eigenvalue weighted by molar-refractivity contribution is -0.135. The van der Waals surface area contributed by atoms with E-state index in [1.165, 1.54) is 44.1 Å². The van der Waals surface area contributed by atoms with E-state index in [0.717, 1.165) is 36.8 Å². The summed E-state index contributed by atoms with van der Waals surface area (Å²) in [4.78, 5) is 34.4. The van der Waals surface area contributed by atoms with Crippen molar-refractivity contribution in [1.82, 2.24) is 9.97 Å². The van der Waals surface area contributed by atoms with E-state index in [4.69, 9.17) is 0 Å². The van der Waals surface area contributed by atoms with Crippen molar-refractivity contribution in [2.45, 2.75) is 90.9 Å². The third kappa shape index (κ3) is 7.08. The molecule has 2 atom stereocenters. The molecule has 2 aromatic rings. The monoisotopic (exact) mass is 434 g/mol. The van der Waals surface area contributed by atoms with Gasteiger partial charge in [-0.15, -0.1) is 0 Å². The van der Waals surface area contributed by atoms with Crippen LogP contribution in [0.2, 0.25) is 0 Å². The zero-order chi connectivity index (χ0) is 22.8.